The normalized spacial score (nSPS) is 10.8. The fourth-order valence-corrected chi connectivity index (χ4v) is 2.39. The molecule has 1 heterocycles. The summed E-state index contributed by atoms with van der Waals surface area (Å²) in [6, 6.07) is 17.0. The predicted octanol–water partition coefficient (Wildman–Crippen LogP) is 4.39. The third-order valence-corrected chi connectivity index (χ3v) is 3.48. The predicted molar refractivity (Wildman–Crippen MR) is 93.3 cm³/mol. The topological polar surface area (TPSA) is 68.0 Å². The largest absolute Gasteiger partial charge is 0.334 e. The molecule has 0 radical (unpaired) electrons. The third kappa shape index (κ3) is 3.68. The molecule has 0 aliphatic rings. The summed E-state index contributed by atoms with van der Waals surface area (Å²) in [7, 11) is 0. The van der Waals surface area contributed by atoms with E-state index in [2.05, 4.69) is 15.5 Å². The van der Waals surface area contributed by atoms with E-state index in [1.54, 1.807) is 0 Å². The number of hydrogen-bond acceptors (Lipinski definition) is 4. The standard InChI is InChI=1S/C19H19N3O2/c1-13(2)12-17(23)20-16-11-7-6-10-15(16)19-21-18(22-24-19)14-8-4-3-5-9-14/h3-11,13H,12H2,1-2H3,(H,20,23). The first-order valence-corrected chi connectivity index (χ1v) is 7.92. The summed E-state index contributed by atoms with van der Waals surface area (Å²) in [5.74, 6) is 1.17. The van der Waals surface area contributed by atoms with E-state index in [-0.39, 0.29) is 5.91 Å². The molecule has 2 aromatic carbocycles. The molecule has 0 aliphatic heterocycles. The van der Waals surface area contributed by atoms with Gasteiger partial charge in [0.1, 0.15) is 0 Å². The molecular weight excluding hydrogens is 302 g/mol. The van der Waals surface area contributed by atoms with Gasteiger partial charge < -0.3 is 9.84 Å². The van der Waals surface area contributed by atoms with E-state index in [4.69, 9.17) is 4.52 Å². The zero-order valence-electron chi connectivity index (χ0n) is 13.7. The molecule has 0 spiro atoms. The van der Waals surface area contributed by atoms with Crippen LogP contribution in [0.5, 0.6) is 0 Å². The molecule has 0 unspecified atom stereocenters. The Balaban J connectivity index is 1.88. The van der Waals surface area contributed by atoms with Crippen LogP contribution in [0.1, 0.15) is 20.3 Å². The fourth-order valence-electron chi connectivity index (χ4n) is 2.39. The summed E-state index contributed by atoms with van der Waals surface area (Å²) in [4.78, 5) is 16.5. The molecule has 0 aliphatic carbocycles. The van der Waals surface area contributed by atoms with Crippen molar-refractivity contribution in [1.29, 1.82) is 0 Å². The molecule has 0 saturated carbocycles. The number of benzene rings is 2. The van der Waals surface area contributed by atoms with Crippen LogP contribution in [-0.2, 0) is 4.79 Å². The molecule has 24 heavy (non-hydrogen) atoms. The first-order chi connectivity index (χ1) is 11.6. The Morgan fingerprint density at radius 1 is 1.08 bits per heavy atom. The van der Waals surface area contributed by atoms with Crippen LogP contribution in [0.15, 0.2) is 59.1 Å². The van der Waals surface area contributed by atoms with Crippen LogP contribution in [0, 0.1) is 5.92 Å². The molecule has 0 fully saturated rings. The summed E-state index contributed by atoms with van der Waals surface area (Å²) in [5, 5.41) is 6.96. The number of hydrogen-bond donors (Lipinski definition) is 1. The van der Waals surface area contributed by atoms with Crippen molar-refractivity contribution < 1.29 is 9.32 Å². The molecule has 3 rings (SSSR count). The van der Waals surface area contributed by atoms with Gasteiger partial charge >= 0.3 is 0 Å². The smallest absolute Gasteiger partial charge is 0.260 e. The molecule has 1 aromatic heterocycles. The number of carbonyl (C=O) groups excluding carboxylic acids is 1. The molecule has 5 nitrogen and oxygen atoms in total. The van der Waals surface area contributed by atoms with E-state index in [1.165, 1.54) is 0 Å². The lowest BCUT2D eigenvalue weighted by Crippen LogP contribution is -2.14. The first-order valence-electron chi connectivity index (χ1n) is 7.92. The summed E-state index contributed by atoms with van der Waals surface area (Å²) in [6.07, 6.45) is 0.466. The Labute approximate surface area is 140 Å². The Morgan fingerprint density at radius 3 is 2.54 bits per heavy atom. The minimum atomic E-state index is -0.0275. The Bertz CT molecular complexity index is 825. The maximum absolute atomic E-state index is 12.1. The molecule has 1 N–H and O–H groups in total. The van der Waals surface area contributed by atoms with Gasteiger partial charge in [-0.1, -0.05) is 61.5 Å². The highest BCUT2D eigenvalue weighted by molar-refractivity contribution is 5.94. The lowest BCUT2D eigenvalue weighted by atomic mass is 10.1. The van der Waals surface area contributed by atoms with Crippen LogP contribution < -0.4 is 5.32 Å². The summed E-state index contributed by atoms with van der Waals surface area (Å²) < 4.78 is 5.40. The number of rotatable bonds is 5. The minimum absolute atomic E-state index is 0.0275. The molecular formula is C19H19N3O2. The molecule has 1 amide bonds. The molecule has 0 atom stereocenters. The molecule has 5 heteroatoms. The SMILES string of the molecule is CC(C)CC(=O)Nc1ccccc1-c1nc(-c2ccccc2)no1. The zero-order valence-corrected chi connectivity index (χ0v) is 13.7. The first kappa shape index (κ1) is 15.9. The van der Waals surface area contributed by atoms with Gasteiger partial charge in [0.2, 0.25) is 11.7 Å². The quantitative estimate of drug-likeness (QED) is 0.757. The van der Waals surface area contributed by atoms with E-state index >= 15 is 0 Å². The highest BCUT2D eigenvalue weighted by Gasteiger charge is 2.15. The lowest BCUT2D eigenvalue weighted by Gasteiger charge is -2.09. The molecule has 0 bridgehead atoms. The van der Waals surface area contributed by atoms with Crippen molar-refractivity contribution in [2.75, 3.05) is 5.32 Å². The van der Waals surface area contributed by atoms with Crippen LogP contribution in [-0.4, -0.2) is 16.0 Å². The maximum Gasteiger partial charge on any atom is 0.260 e. The number of anilines is 1. The highest BCUT2D eigenvalue weighted by Crippen LogP contribution is 2.28. The number of aromatic nitrogens is 2. The van der Waals surface area contributed by atoms with Gasteiger partial charge in [-0.05, 0) is 18.1 Å². The van der Waals surface area contributed by atoms with E-state index in [1.807, 2.05) is 68.4 Å². The van der Waals surface area contributed by atoms with Gasteiger partial charge in [0.25, 0.3) is 5.89 Å². The number of nitrogens with zero attached hydrogens (tertiary/aromatic N) is 2. The van der Waals surface area contributed by atoms with Crippen molar-refractivity contribution >= 4 is 11.6 Å². The van der Waals surface area contributed by atoms with Crippen LogP contribution in [0.25, 0.3) is 22.8 Å². The average molecular weight is 321 g/mol. The van der Waals surface area contributed by atoms with Crippen LogP contribution >= 0.6 is 0 Å². The molecule has 0 saturated heterocycles. The molecule has 3 aromatic rings. The number of amides is 1. The van der Waals surface area contributed by atoms with Crippen LogP contribution in [0.2, 0.25) is 0 Å². The van der Waals surface area contributed by atoms with E-state index in [0.29, 0.717) is 35.3 Å². The Hall–Kier alpha value is -2.95. The number of nitrogens with one attached hydrogen (secondary N) is 1. The summed E-state index contributed by atoms with van der Waals surface area (Å²) >= 11 is 0. The Kier molecular flexibility index (Phi) is 4.70. The van der Waals surface area contributed by atoms with Crippen molar-refractivity contribution in [1.82, 2.24) is 10.1 Å². The maximum atomic E-state index is 12.1. The Morgan fingerprint density at radius 2 is 1.79 bits per heavy atom. The van der Waals surface area contributed by atoms with Crippen molar-refractivity contribution in [2.45, 2.75) is 20.3 Å². The summed E-state index contributed by atoms with van der Waals surface area (Å²) in [5.41, 5.74) is 2.27. The van der Waals surface area contributed by atoms with Crippen molar-refractivity contribution in [3.63, 3.8) is 0 Å². The van der Waals surface area contributed by atoms with Gasteiger partial charge in [-0.2, -0.15) is 4.98 Å². The van der Waals surface area contributed by atoms with Crippen LogP contribution in [0.4, 0.5) is 5.69 Å². The van der Waals surface area contributed by atoms with Gasteiger partial charge in [-0.25, -0.2) is 0 Å². The van der Waals surface area contributed by atoms with E-state index in [9.17, 15) is 4.79 Å². The monoisotopic (exact) mass is 321 g/mol. The number of carbonyl (C=O) groups is 1. The molecule has 122 valence electrons. The zero-order chi connectivity index (χ0) is 16.9. The fraction of sp³-hybridized carbons (Fsp3) is 0.211. The third-order valence-electron chi connectivity index (χ3n) is 3.48. The second kappa shape index (κ2) is 7.08. The van der Waals surface area contributed by atoms with E-state index < -0.39 is 0 Å². The van der Waals surface area contributed by atoms with Crippen LogP contribution in [0.3, 0.4) is 0 Å². The van der Waals surface area contributed by atoms with Gasteiger partial charge in [0, 0.05) is 12.0 Å². The summed E-state index contributed by atoms with van der Waals surface area (Å²) in [6.45, 7) is 4.02. The van der Waals surface area contributed by atoms with Gasteiger partial charge in [-0.3, -0.25) is 4.79 Å². The van der Waals surface area contributed by atoms with Crippen molar-refractivity contribution in [3.05, 3.63) is 54.6 Å². The highest BCUT2D eigenvalue weighted by atomic mass is 16.5. The second-order valence-electron chi connectivity index (χ2n) is 5.98. The van der Waals surface area contributed by atoms with Gasteiger partial charge in [-0.15, -0.1) is 0 Å². The second-order valence-corrected chi connectivity index (χ2v) is 5.98. The van der Waals surface area contributed by atoms with Gasteiger partial charge in [0.05, 0.1) is 11.3 Å². The minimum Gasteiger partial charge on any atom is -0.334 e. The average Bonchev–Trinajstić information content (AvgIpc) is 3.05. The van der Waals surface area contributed by atoms with Crippen molar-refractivity contribution in [3.8, 4) is 22.8 Å². The van der Waals surface area contributed by atoms with Gasteiger partial charge in [0.15, 0.2) is 0 Å². The van der Waals surface area contributed by atoms with E-state index in [0.717, 1.165) is 5.56 Å². The lowest BCUT2D eigenvalue weighted by molar-refractivity contribution is -0.116. The number of para-hydroxylation sites is 1. The van der Waals surface area contributed by atoms with Crippen molar-refractivity contribution in [2.24, 2.45) is 5.92 Å².